The zero-order valence-electron chi connectivity index (χ0n) is 16.7. The highest BCUT2D eigenvalue weighted by atomic mass is 16.5. The first-order valence-corrected chi connectivity index (χ1v) is 9.18. The zero-order chi connectivity index (χ0) is 20.8. The fourth-order valence-corrected chi connectivity index (χ4v) is 3.76. The van der Waals surface area contributed by atoms with Crippen molar-refractivity contribution in [3.8, 4) is 11.5 Å². The van der Waals surface area contributed by atoms with Crippen molar-refractivity contribution in [2.45, 2.75) is 19.4 Å². The Kier molecular flexibility index (Phi) is 4.41. The van der Waals surface area contributed by atoms with E-state index in [1.807, 2.05) is 26.0 Å². The highest BCUT2D eigenvalue weighted by molar-refractivity contribution is 6.08. The van der Waals surface area contributed by atoms with Crippen LogP contribution in [-0.2, 0) is 17.4 Å². The molecule has 0 bridgehead atoms. The molecule has 0 saturated carbocycles. The number of hydrogen-bond acceptors (Lipinski definition) is 5. The summed E-state index contributed by atoms with van der Waals surface area (Å²) in [5, 5.41) is 3.24. The molecule has 3 aromatic rings. The largest absolute Gasteiger partial charge is 0.496 e. The Hall–Kier alpha value is -3.55. The summed E-state index contributed by atoms with van der Waals surface area (Å²) in [4.78, 5) is 27.9. The number of ether oxygens (including phenoxy) is 2. The van der Waals surface area contributed by atoms with Gasteiger partial charge in [0.2, 0.25) is 6.41 Å². The summed E-state index contributed by atoms with van der Waals surface area (Å²) in [5.41, 5.74) is 2.33. The molecule has 0 spiro atoms. The molecule has 0 atom stereocenters. The minimum Gasteiger partial charge on any atom is -0.496 e. The van der Waals surface area contributed by atoms with Crippen LogP contribution >= 0.6 is 0 Å². The third kappa shape index (κ3) is 2.79. The fourth-order valence-electron chi connectivity index (χ4n) is 3.76. The lowest BCUT2D eigenvalue weighted by Gasteiger charge is -2.24. The predicted octanol–water partition coefficient (Wildman–Crippen LogP) is 2.30. The van der Waals surface area contributed by atoms with Crippen LogP contribution < -0.4 is 20.5 Å². The Morgan fingerprint density at radius 3 is 2.86 bits per heavy atom. The topological polar surface area (TPSA) is 87.4 Å². The summed E-state index contributed by atoms with van der Waals surface area (Å²) in [5.74, 6) is 1.23. The van der Waals surface area contributed by atoms with E-state index in [-0.39, 0.29) is 5.69 Å². The Balaban J connectivity index is 2.09. The Labute approximate surface area is 167 Å². The Morgan fingerprint density at radius 2 is 2.14 bits per heavy atom. The van der Waals surface area contributed by atoms with Gasteiger partial charge in [-0.2, -0.15) is 0 Å². The molecule has 0 unspecified atom stereocenters. The van der Waals surface area contributed by atoms with Gasteiger partial charge < -0.3 is 14.8 Å². The molecule has 8 nitrogen and oxygen atoms in total. The number of allylic oxidation sites excluding steroid dienone is 2. The van der Waals surface area contributed by atoms with Gasteiger partial charge in [-0.25, -0.2) is 4.79 Å². The molecule has 3 heterocycles. The number of imidazole rings is 1. The number of carbonyl (C=O) groups excluding carboxylic acids is 1. The summed E-state index contributed by atoms with van der Waals surface area (Å²) in [6.07, 6.45) is 9.15. The fraction of sp³-hybridized carbons (Fsp3) is 0.286. The van der Waals surface area contributed by atoms with Gasteiger partial charge in [0.15, 0.2) is 0 Å². The second-order valence-corrected chi connectivity index (χ2v) is 7.49. The number of amides is 1. The smallest absolute Gasteiger partial charge is 0.329 e. The number of methoxy groups -OCH3 is 1. The van der Waals surface area contributed by atoms with Crippen LogP contribution in [0.15, 0.2) is 35.4 Å². The van der Waals surface area contributed by atoms with Gasteiger partial charge in [0.05, 0.1) is 46.3 Å². The van der Waals surface area contributed by atoms with Crippen LogP contribution in [0.4, 0.5) is 0 Å². The first-order chi connectivity index (χ1) is 13.9. The molecule has 4 rings (SSSR count). The molecule has 1 aromatic carbocycles. The van der Waals surface area contributed by atoms with Gasteiger partial charge in [-0.05, 0) is 26.0 Å². The molecule has 29 heavy (non-hydrogen) atoms. The standard InChI is InChI=1S/C21H22N4O4/c1-21(2)11-29-19-13(7-5-6-8-22-12-26)16(28-4)9-14-17(19)18-15(10-23-14)24(3)20(27)25(18)21/h5-10,12H,11H2,1-4H3,(H,22,26)/b7-5-,8-6-. The molecule has 2 aromatic heterocycles. The maximum Gasteiger partial charge on any atom is 0.329 e. The SMILES string of the molecule is COc1cc2ncc3c4c2c(c1/C=C\C=C/NC=O)OCC(C)(C)n4c(=O)n3C. The minimum atomic E-state index is -0.550. The number of nitrogens with zero attached hydrogens (tertiary/aromatic N) is 3. The van der Waals surface area contributed by atoms with Gasteiger partial charge in [0.25, 0.3) is 0 Å². The van der Waals surface area contributed by atoms with E-state index in [9.17, 15) is 9.59 Å². The van der Waals surface area contributed by atoms with Crippen LogP contribution in [-0.4, -0.2) is 34.2 Å². The van der Waals surface area contributed by atoms with Crippen LogP contribution in [0.25, 0.3) is 28.0 Å². The third-order valence-corrected chi connectivity index (χ3v) is 5.16. The van der Waals surface area contributed by atoms with Gasteiger partial charge in [-0.3, -0.25) is 18.9 Å². The van der Waals surface area contributed by atoms with E-state index in [2.05, 4.69) is 10.3 Å². The number of pyridine rings is 1. The molecule has 0 aliphatic carbocycles. The summed E-state index contributed by atoms with van der Waals surface area (Å²) in [7, 11) is 3.34. The van der Waals surface area contributed by atoms with Gasteiger partial charge in [0, 0.05) is 19.3 Å². The predicted molar refractivity (Wildman–Crippen MR) is 111 cm³/mol. The number of rotatable bonds is 5. The molecule has 0 radical (unpaired) electrons. The molecule has 8 heteroatoms. The molecule has 1 N–H and O–H groups in total. The Morgan fingerprint density at radius 1 is 1.34 bits per heavy atom. The molecule has 0 saturated heterocycles. The van der Waals surface area contributed by atoms with E-state index in [0.717, 1.165) is 22.0 Å². The van der Waals surface area contributed by atoms with Crippen molar-refractivity contribution in [2.75, 3.05) is 13.7 Å². The quantitative estimate of drug-likeness (QED) is 0.530. The van der Waals surface area contributed by atoms with Crippen molar-refractivity contribution < 1.29 is 14.3 Å². The van der Waals surface area contributed by atoms with Crippen molar-refractivity contribution >= 4 is 34.4 Å². The molecular formula is C21H22N4O4. The first-order valence-electron chi connectivity index (χ1n) is 9.18. The van der Waals surface area contributed by atoms with Crippen LogP contribution in [0.1, 0.15) is 19.4 Å². The molecule has 150 valence electrons. The lowest BCUT2D eigenvalue weighted by molar-refractivity contribution is -0.108. The van der Waals surface area contributed by atoms with E-state index < -0.39 is 5.54 Å². The first kappa shape index (κ1) is 18.8. The number of hydrogen-bond donors (Lipinski definition) is 1. The summed E-state index contributed by atoms with van der Waals surface area (Å²) < 4.78 is 15.2. The number of benzene rings is 1. The van der Waals surface area contributed by atoms with Gasteiger partial charge >= 0.3 is 5.69 Å². The Bertz CT molecular complexity index is 1250. The summed E-state index contributed by atoms with van der Waals surface area (Å²) in [6, 6.07) is 1.84. The van der Waals surface area contributed by atoms with E-state index >= 15 is 0 Å². The van der Waals surface area contributed by atoms with E-state index in [1.165, 1.54) is 6.20 Å². The number of aromatic nitrogens is 3. The van der Waals surface area contributed by atoms with Crippen molar-refractivity contribution in [2.24, 2.45) is 7.05 Å². The van der Waals surface area contributed by atoms with Crippen LogP contribution in [0.5, 0.6) is 11.5 Å². The monoisotopic (exact) mass is 394 g/mol. The maximum atomic E-state index is 13.0. The molecule has 0 fully saturated rings. The molecule has 1 aliphatic rings. The van der Waals surface area contributed by atoms with Crippen molar-refractivity contribution in [1.29, 1.82) is 0 Å². The maximum absolute atomic E-state index is 13.0. The lowest BCUT2D eigenvalue weighted by atomic mass is 10.0. The van der Waals surface area contributed by atoms with E-state index in [0.29, 0.717) is 30.0 Å². The number of carbonyl (C=O) groups is 1. The van der Waals surface area contributed by atoms with E-state index in [4.69, 9.17) is 9.47 Å². The molecular weight excluding hydrogens is 372 g/mol. The lowest BCUT2D eigenvalue weighted by Crippen LogP contribution is -2.40. The third-order valence-electron chi connectivity index (χ3n) is 5.16. The van der Waals surface area contributed by atoms with Crippen LogP contribution in [0, 0.1) is 0 Å². The van der Waals surface area contributed by atoms with Crippen LogP contribution in [0.3, 0.4) is 0 Å². The minimum absolute atomic E-state index is 0.105. The van der Waals surface area contributed by atoms with Crippen molar-refractivity contribution in [3.63, 3.8) is 0 Å². The van der Waals surface area contributed by atoms with Gasteiger partial charge in [-0.1, -0.05) is 6.08 Å². The normalized spacial score (nSPS) is 15.3. The second-order valence-electron chi connectivity index (χ2n) is 7.49. The zero-order valence-corrected chi connectivity index (χ0v) is 16.7. The number of aryl methyl sites for hydroxylation is 1. The van der Waals surface area contributed by atoms with Crippen molar-refractivity contribution in [1.82, 2.24) is 19.4 Å². The average Bonchev–Trinajstić information content (AvgIpc) is 2.89. The van der Waals surface area contributed by atoms with Gasteiger partial charge in [0.1, 0.15) is 18.1 Å². The molecule has 1 amide bonds. The number of nitrogens with one attached hydrogen (secondary N) is 1. The molecule has 1 aliphatic heterocycles. The summed E-state index contributed by atoms with van der Waals surface area (Å²) in [6.45, 7) is 4.27. The van der Waals surface area contributed by atoms with Gasteiger partial charge in [-0.15, -0.1) is 0 Å². The highest BCUT2D eigenvalue weighted by Crippen LogP contribution is 2.43. The van der Waals surface area contributed by atoms with Crippen molar-refractivity contribution in [3.05, 3.63) is 46.7 Å². The van der Waals surface area contributed by atoms with E-state index in [1.54, 1.807) is 41.6 Å². The second kappa shape index (κ2) is 6.80. The highest BCUT2D eigenvalue weighted by Gasteiger charge is 2.33. The van der Waals surface area contributed by atoms with Crippen LogP contribution in [0.2, 0.25) is 0 Å². The summed E-state index contributed by atoms with van der Waals surface area (Å²) >= 11 is 0. The average molecular weight is 394 g/mol.